The second kappa shape index (κ2) is 12.2. The van der Waals surface area contributed by atoms with Crippen LogP contribution in [0.25, 0.3) is 0 Å². The lowest BCUT2D eigenvalue weighted by Gasteiger charge is -2.31. The number of nitrogens with zero attached hydrogens (tertiary/aromatic N) is 2. The molecule has 0 saturated carbocycles. The number of pyridine rings is 1. The highest BCUT2D eigenvalue weighted by atomic mass is 19.4. The second-order valence-electron chi connectivity index (χ2n) is 7.85. The molecule has 1 aromatic carbocycles. The molecule has 34 heavy (non-hydrogen) atoms. The number of ketones is 1. The third-order valence-corrected chi connectivity index (χ3v) is 5.21. The van der Waals surface area contributed by atoms with E-state index in [1.807, 2.05) is 13.0 Å². The fraction of sp³-hybridized carbons (Fsp3) is 0.391. The molecular weight excluding hydrogens is 458 g/mol. The Labute approximate surface area is 193 Å². The maximum absolute atomic E-state index is 13.0. The Morgan fingerprint density at radius 1 is 1.06 bits per heavy atom. The van der Waals surface area contributed by atoms with Gasteiger partial charge in [-0.3, -0.25) is 19.5 Å². The van der Waals surface area contributed by atoms with Crippen LogP contribution in [-0.4, -0.2) is 65.0 Å². The zero-order chi connectivity index (χ0) is 25.3. The van der Waals surface area contributed by atoms with Crippen molar-refractivity contribution in [2.45, 2.75) is 25.9 Å². The number of carboxylic acids is 1. The van der Waals surface area contributed by atoms with Gasteiger partial charge in [0, 0.05) is 24.0 Å². The van der Waals surface area contributed by atoms with E-state index < -0.39 is 12.1 Å². The van der Waals surface area contributed by atoms with Crippen molar-refractivity contribution in [3.63, 3.8) is 0 Å². The lowest BCUT2D eigenvalue weighted by Crippen LogP contribution is -2.40. The molecule has 2 N–H and O–H groups in total. The number of hydrogen-bond acceptors (Lipinski definition) is 5. The fourth-order valence-corrected chi connectivity index (χ4v) is 3.22. The van der Waals surface area contributed by atoms with Crippen molar-refractivity contribution in [3.8, 4) is 0 Å². The Hall–Kier alpha value is -3.34. The van der Waals surface area contributed by atoms with E-state index in [0.29, 0.717) is 30.1 Å². The molecule has 2 heterocycles. The van der Waals surface area contributed by atoms with E-state index in [1.54, 1.807) is 12.3 Å². The highest BCUT2D eigenvalue weighted by Crippen LogP contribution is 2.17. The Morgan fingerprint density at radius 3 is 2.12 bits per heavy atom. The maximum Gasteiger partial charge on any atom is 0.490 e. The maximum atomic E-state index is 13.0. The molecule has 1 amide bonds. The molecule has 1 fully saturated rings. The summed E-state index contributed by atoms with van der Waals surface area (Å²) in [5.41, 5.74) is 1.99. The molecule has 0 radical (unpaired) electrons. The zero-order valence-electron chi connectivity index (χ0n) is 18.4. The Kier molecular flexibility index (Phi) is 9.67. The number of likely N-dealkylation sites (tertiary alicyclic amines) is 1. The molecule has 11 heteroatoms. The average Bonchev–Trinajstić information content (AvgIpc) is 2.79. The summed E-state index contributed by atoms with van der Waals surface area (Å²) >= 11 is 0. The van der Waals surface area contributed by atoms with Crippen LogP contribution in [0.1, 0.15) is 39.3 Å². The number of nitrogens with one attached hydrogen (secondary N) is 1. The van der Waals surface area contributed by atoms with Crippen LogP contribution in [0, 0.1) is 18.7 Å². The normalized spacial score (nSPS) is 14.6. The van der Waals surface area contributed by atoms with Gasteiger partial charge in [-0.25, -0.2) is 9.18 Å². The highest BCUT2D eigenvalue weighted by molar-refractivity contribution is 5.97. The van der Waals surface area contributed by atoms with E-state index in [1.165, 1.54) is 24.3 Å². The molecule has 0 aliphatic carbocycles. The van der Waals surface area contributed by atoms with Gasteiger partial charge in [-0.05, 0) is 75.2 Å². The minimum Gasteiger partial charge on any atom is -0.475 e. The lowest BCUT2D eigenvalue weighted by molar-refractivity contribution is -0.192. The Bertz CT molecular complexity index is 971. The number of amides is 1. The SMILES string of the molecule is Cc1ccc(C(=O)NCC2CCN(CC(=O)c3ccc(F)cc3)CC2)cn1.O=C(O)C(F)(F)F. The first-order chi connectivity index (χ1) is 16.0. The standard InChI is InChI=1S/C21H24FN3O2.C2HF3O2/c1-15-2-3-18(13-23-15)21(27)24-12-16-8-10-25(11-9-16)14-20(26)17-4-6-19(22)7-5-17;3-2(4,5)1(6)7/h2-7,13,16H,8-12,14H2,1H3,(H,24,27);(H,6,7). The number of carbonyl (C=O) groups is 3. The van der Waals surface area contributed by atoms with Gasteiger partial charge in [0.2, 0.25) is 0 Å². The molecule has 0 atom stereocenters. The highest BCUT2D eigenvalue weighted by Gasteiger charge is 2.38. The van der Waals surface area contributed by atoms with E-state index >= 15 is 0 Å². The molecule has 3 rings (SSSR count). The first-order valence-corrected chi connectivity index (χ1v) is 10.5. The molecule has 7 nitrogen and oxygen atoms in total. The average molecular weight is 483 g/mol. The third-order valence-electron chi connectivity index (χ3n) is 5.21. The monoisotopic (exact) mass is 483 g/mol. The third kappa shape index (κ3) is 8.89. The van der Waals surface area contributed by atoms with Gasteiger partial charge in [0.25, 0.3) is 5.91 Å². The van der Waals surface area contributed by atoms with E-state index in [9.17, 15) is 27.2 Å². The van der Waals surface area contributed by atoms with Gasteiger partial charge in [-0.2, -0.15) is 13.2 Å². The molecule has 1 aliphatic rings. The van der Waals surface area contributed by atoms with Crippen molar-refractivity contribution < 1.29 is 37.1 Å². The topological polar surface area (TPSA) is 99.6 Å². The van der Waals surface area contributed by atoms with Crippen molar-refractivity contribution in [1.29, 1.82) is 0 Å². The lowest BCUT2D eigenvalue weighted by atomic mass is 9.96. The molecule has 1 saturated heterocycles. The summed E-state index contributed by atoms with van der Waals surface area (Å²) in [7, 11) is 0. The smallest absolute Gasteiger partial charge is 0.475 e. The van der Waals surface area contributed by atoms with Crippen molar-refractivity contribution >= 4 is 17.7 Å². The van der Waals surface area contributed by atoms with Crippen LogP contribution in [0.5, 0.6) is 0 Å². The number of carbonyl (C=O) groups excluding carboxylic acids is 2. The van der Waals surface area contributed by atoms with Crippen LogP contribution in [0.3, 0.4) is 0 Å². The van der Waals surface area contributed by atoms with Crippen LogP contribution < -0.4 is 5.32 Å². The molecule has 0 bridgehead atoms. The number of aromatic nitrogens is 1. The number of piperidine rings is 1. The van der Waals surface area contributed by atoms with Crippen LogP contribution in [0.2, 0.25) is 0 Å². The van der Waals surface area contributed by atoms with E-state index in [-0.39, 0.29) is 17.5 Å². The van der Waals surface area contributed by atoms with Gasteiger partial charge in [-0.1, -0.05) is 0 Å². The minimum absolute atomic E-state index is 0.00799. The molecule has 184 valence electrons. The second-order valence-corrected chi connectivity index (χ2v) is 7.85. The largest absolute Gasteiger partial charge is 0.490 e. The molecule has 1 aromatic heterocycles. The first-order valence-electron chi connectivity index (χ1n) is 10.5. The quantitative estimate of drug-likeness (QED) is 0.482. The van der Waals surface area contributed by atoms with Gasteiger partial charge in [0.05, 0.1) is 12.1 Å². The van der Waals surface area contributed by atoms with Crippen molar-refractivity contribution in [3.05, 3.63) is 65.2 Å². The predicted octanol–water partition coefficient (Wildman–Crippen LogP) is 3.49. The van der Waals surface area contributed by atoms with Gasteiger partial charge in [-0.15, -0.1) is 0 Å². The fourth-order valence-electron chi connectivity index (χ4n) is 3.22. The van der Waals surface area contributed by atoms with Gasteiger partial charge >= 0.3 is 12.1 Å². The summed E-state index contributed by atoms with van der Waals surface area (Å²) in [6.45, 7) is 4.50. The van der Waals surface area contributed by atoms with Crippen molar-refractivity contribution in [2.24, 2.45) is 5.92 Å². The number of halogens is 4. The molecule has 1 aliphatic heterocycles. The Balaban J connectivity index is 0.000000509. The van der Waals surface area contributed by atoms with E-state index in [4.69, 9.17) is 9.90 Å². The van der Waals surface area contributed by atoms with Crippen molar-refractivity contribution in [2.75, 3.05) is 26.2 Å². The van der Waals surface area contributed by atoms with E-state index in [0.717, 1.165) is 31.6 Å². The zero-order valence-corrected chi connectivity index (χ0v) is 18.4. The van der Waals surface area contributed by atoms with Crippen LogP contribution in [0.15, 0.2) is 42.6 Å². The van der Waals surface area contributed by atoms with Gasteiger partial charge < -0.3 is 10.4 Å². The van der Waals surface area contributed by atoms with Crippen LogP contribution in [-0.2, 0) is 4.79 Å². The van der Waals surface area contributed by atoms with E-state index in [2.05, 4.69) is 15.2 Å². The number of benzene rings is 1. The van der Waals surface area contributed by atoms with Gasteiger partial charge in [0.15, 0.2) is 5.78 Å². The van der Waals surface area contributed by atoms with Crippen LogP contribution in [0.4, 0.5) is 17.6 Å². The first kappa shape index (κ1) is 26.9. The van der Waals surface area contributed by atoms with Crippen LogP contribution >= 0.6 is 0 Å². The summed E-state index contributed by atoms with van der Waals surface area (Å²) in [5, 5.41) is 10.1. The number of aryl methyl sites for hydroxylation is 1. The molecule has 0 spiro atoms. The molecular formula is C23H25F4N3O4. The number of alkyl halides is 3. The summed E-state index contributed by atoms with van der Waals surface area (Å²) in [5.74, 6) is -2.78. The van der Waals surface area contributed by atoms with Gasteiger partial charge in [0.1, 0.15) is 5.82 Å². The molecule has 0 unspecified atom stereocenters. The number of rotatable bonds is 6. The summed E-state index contributed by atoms with van der Waals surface area (Å²) in [6.07, 6.45) is -1.62. The number of carboxylic acid groups (broad SMARTS) is 1. The predicted molar refractivity (Wildman–Crippen MR) is 115 cm³/mol. The summed E-state index contributed by atoms with van der Waals surface area (Å²) in [4.78, 5) is 39.6. The Morgan fingerprint density at radius 2 is 1.62 bits per heavy atom. The summed E-state index contributed by atoms with van der Waals surface area (Å²) < 4.78 is 44.7. The number of aliphatic carboxylic acids is 1. The van der Waals surface area contributed by atoms with Crippen molar-refractivity contribution in [1.82, 2.24) is 15.2 Å². The summed E-state index contributed by atoms with van der Waals surface area (Å²) in [6, 6.07) is 9.28. The number of Topliss-reactive ketones (excluding diaryl/α,β-unsaturated/α-hetero) is 1. The molecule has 2 aromatic rings. The number of hydrogen-bond donors (Lipinski definition) is 2. The minimum atomic E-state index is -5.08.